The fourth-order valence-corrected chi connectivity index (χ4v) is 1.70. The molecule has 2 heteroatoms. The molecule has 0 unspecified atom stereocenters. The number of benzene rings is 2. The molecule has 2 rings (SSSR count). The maximum atomic E-state index is 9.13. The van der Waals surface area contributed by atoms with Gasteiger partial charge in [-0.05, 0) is 16.7 Å². The van der Waals surface area contributed by atoms with E-state index < -0.39 is 0 Å². The van der Waals surface area contributed by atoms with Crippen LogP contribution < -0.4 is 0 Å². The largest absolute Gasteiger partial charge is 0.314 e. The molecule has 0 aliphatic heterocycles. The van der Waals surface area contributed by atoms with E-state index in [1.54, 1.807) is 7.05 Å². The Morgan fingerprint density at radius 3 is 2.00 bits per heavy atom. The van der Waals surface area contributed by atoms with Gasteiger partial charge >= 0.3 is 0 Å². The summed E-state index contributed by atoms with van der Waals surface area (Å²) in [6, 6.07) is 18.5. The molecule has 0 heterocycles. The topological polar surface area (TPSA) is 23.5 Å². The molecule has 0 aliphatic rings. The van der Waals surface area contributed by atoms with Crippen LogP contribution in [0.25, 0.3) is 11.1 Å². The van der Waals surface area contributed by atoms with Crippen molar-refractivity contribution in [2.75, 3.05) is 7.05 Å². The highest BCUT2D eigenvalue weighted by Gasteiger charge is 1.98. The Morgan fingerprint density at radius 1 is 0.875 bits per heavy atom. The molecule has 2 aromatic rings. The lowest BCUT2D eigenvalue weighted by atomic mass is 10.0. The Hall–Kier alpha value is -1.64. The summed E-state index contributed by atoms with van der Waals surface area (Å²) in [6.45, 7) is 0.551. The average Bonchev–Trinajstić information content (AvgIpc) is 2.30. The molecule has 0 fully saturated rings. The zero-order valence-electron chi connectivity index (χ0n) is 9.30. The molecule has 0 spiro atoms. The Balaban J connectivity index is 2.20. The summed E-state index contributed by atoms with van der Waals surface area (Å²) < 4.78 is 0. The summed E-state index contributed by atoms with van der Waals surface area (Å²) in [6.07, 6.45) is 0. The highest BCUT2D eigenvalue weighted by molar-refractivity contribution is 5.63. The number of rotatable bonds is 3. The van der Waals surface area contributed by atoms with Gasteiger partial charge in [-0.2, -0.15) is 5.06 Å². The fourth-order valence-electron chi connectivity index (χ4n) is 1.70. The smallest absolute Gasteiger partial charge is 0.0485 e. The van der Waals surface area contributed by atoms with E-state index in [0.29, 0.717) is 6.54 Å². The van der Waals surface area contributed by atoms with Gasteiger partial charge in [-0.1, -0.05) is 54.6 Å². The van der Waals surface area contributed by atoms with E-state index in [1.807, 2.05) is 30.3 Å². The maximum Gasteiger partial charge on any atom is 0.0485 e. The van der Waals surface area contributed by atoms with Gasteiger partial charge in [0.2, 0.25) is 0 Å². The monoisotopic (exact) mass is 213 g/mol. The zero-order valence-corrected chi connectivity index (χ0v) is 9.30. The van der Waals surface area contributed by atoms with Crippen molar-refractivity contribution >= 4 is 0 Å². The summed E-state index contributed by atoms with van der Waals surface area (Å²) in [5.74, 6) is 0. The van der Waals surface area contributed by atoms with Crippen LogP contribution in [-0.4, -0.2) is 17.3 Å². The maximum absolute atomic E-state index is 9.13. The molecular weight excluding hydrogens is 198 g/mol. The van der Waals surface area contributed by atoms with Crippen LogP contribution in [0.1, 0.15) is 5.56 Å². The fraction of sp³-hybridized carbons (Fsp3) is 0.143. The molecule has 0 saturated carbocycles. The number of nitrogens with zero attached hydrogens (tertiary/aromatic N) is 1. The van der Waals surface area contributed by atoms with E-state index in [-0.39, 0.29) is 0 Å². The molecule has 0 aliphatic carbocycles. The lowest BCUT2D eigenvalue weighted by Crippen LogP contribution is -2.11. The normalized spacial score (nSPS) is 10.7. The Labute approximate surface area is 95.7 Å². The molecule has 2 nitrogen and oxygen atoms in total. The average molecular weight is 213 g/mol. The van der Waals surface area contributed by atoms with Crippen molar-refractivity contribution in [3.05, 3.63) is 60.2 Å². The standard InChI is InChI=1S/C14H15NO/c1-15(16)11-12-7-9-14(10-8-12)13-5-3-2-4-6-13/h2-10,16H,11H2,1H3. The molecule has 82 valence electrons. The van der Waals surface area contributed by atoms with Crippen LogP contribution in [0.4, 0.5) is 0 Å². The number of hydroxylamine groups is 2. The molecule has 0 saturated heterocycles. The minimum Gasteiger partial charge on any atom is -0.314 e. The minimum atomic E-state index is 0.551. The zero-order chi connectivity index (χ0) is 11.4. The Morgan fingerprint density at radius 2 is 1.44 bits per heavy atom. The molecule has 0 radical (unpaired) electrons. The van der Waals surface area contributed by atoms with E-state index in [9.17, 15) is 0 Å². The summed E-state index contributed by atoms with van der Waals surface area (Å²) >= 11 is 0. The molecule has 0 bridgehead atoms. The summed E-state index contributed by atoms with van der Waals surface area (Å²) in [4.78, 5) is 0. The van der Waals surface area contributed by atoms with Gasteiger partial charge in [0.15, 0.2) is 0 Å². The molecule has 1 N–H and O–H groups in total. The lowest BCUT2D eigenvalue weighted by Gasteiger charge is -2.08. The quantitative estimate of drug-likeness (QED) is 0.791. The molecule has 0 aromatic heterocycles. The van der Waals surface area contributed by atoms with Crippen molar-refractivity contribution in [1.82, 2.24) is 5.06 Å². The van der Waals surface area contributed by atoms with Crippen molar-refractivity contribution in [3.8, 4) is 11.1 Å². The molecule has 2 aromatic carbocycles. The van der Waals surface area contributed by atoms with Crippen LogP contribution >= 0.6 is 0 Å². The van der Waals surface area contributed by atoms with Gasteiger partial charge in [-0.3, -0.25) is 0 Å². The van der Waals surface area contributed by atoms with Crippen LogP contribution in [0.2, 0.25) is 0 Å². The Bertz CT molecular complexity index is 434. The van der Waals surface area contributed by atoms with Gasteiger partial charge in [-0.15, -0.1) is 0 Å². The second-order valence-corrected chi connectivity index (χ2v) is 3.88. The van der Waals surface area contributed by atoms with Crippen molar-refractivity contribution in [3.63, 3.8) is 0 Å². The number of hydrogen-bond acceptors (Lipinski definition) is 2. The molecule has 16 heavy (non-hydrogen) atoms. The van der Waals surface area contributed by atoms with Crippen LogP contribution in [0, 0.1) is 0 Å². The third-order valence-corrected chi connectivity index (χ3v) is 2.47. The third kappa shape index (κ3) is 2.69. The van der Waals surface area contributed by atoms with Crippen molar-refractivity contribution in [2.45, 2.75) is 6.54 Å². The van der Waals surface area contributed by atoms with Gasteiger partial charge in [0, 0.05) is 13.6 Å². The molecule has 0 atom stereocenters. The number of hydrogen-bond donors (Lipinski definition) is 1. The Kier molecular flexibility index (Phi) is 3.34. The summed E-state index contributed by atoms with van der Waals surface area (Å²) in [5.41, 5.74) is 3.51. The van der Waals surface area contributed by atoms with E-state index in [1.165, 1.54) is 16.2 Å². The second-order valence-electron chi connectivity index (χ2n) is 3.88. The SMILES string of the molecule is CN(O)Cc1ccc(-c2ccccc2)cc1. The summed E-state index contributed by atoms with van der Waals surface area (Å²) in [7, 11) is 1.64. The predicted octanol–water partition coefficient (Wildman–Crippen LogP) is 3.17. The van der Waals surface area contributed by atoms with E-state index in [4.69, 9.17) is 5.21 Å². The van der Waals surface area contributed by atoms with Crippen LogP contribution in [0.3, 0.4) is 0 Å². The van der Waals surface area contributed by atoms with Crippen LogP contribution in [0.15, 0.2) is 54.6 Å². The van der Waals surface area contributed by atoms with E-state index in [2.05, 4.69) is 24.3 Å². The van der Waals surface area contributed by atoms with Gasteiger partial charge in [0.25, 0.3) is 0 Å². The predicted molar refractivity (Wildman–Crippen MR) is 65.1 cm³/mol. The lowest BCUT2D eigenvalue weighted by molar-refractivity contribution is -0.0731. The first-order valence-electron chi connectivity index (χ1n) is 5.30. The van der Waals surface area contributed by atoms with E-state index in [0.717, 1.165) is 5.56 Å². The first-order valence-corrected chi connectivity index (χ1v) is 5.30. The van der Waals surface area contributed by atoms with Crippen LogP contribution in [0.5, 0.6) is 0 Å². The second kappa shape index (κ2) is 4.92. The van der Waals surface area contributed by atoms with Crippen molar-refractivity contribution in [2.24, 2.45) is 0 Å². The van der Waals surface area contributed by atoms with Gasteiger partial charge in [0.05, 0.1) is 0 Å². The highest BCUT2D eigenvalue weighted by atomic mass is 16.5. The van der Waals surface area contributed by atoms with Crippen LogP contribution in [-0.2, 0) is 6.54 Å². The first kappa shape index (κ1) is 10.9. The minimum absolute atomic E-state index is 0.551. The van der Waals surface area contributed by atoms with Gasteiger partial charge < -0.3 is 5.21 Å². The summed E-state index contributed by atoms with van der Waals surface area (Å²) in [5, 5.41) is 10.3. The molecule has 0 amide bonds. The molecular formula is C14H15NO. The third-order valence-electron chi connectivity index (χ3n) is 2.47. The highest BCUT2D eigenvalue weighted by Crippen LogP contribution is 2.19. The van der Waals surface area contributed by atoms with Gasteiger partial charge in [0.1, 0.15) is 0 Å². The van der Waals surface area contributed by atoms with Crippen molar-refractivity contribution < 1.29 is 5.21 Å². The first-order chi connectivity index (χ1) is 7.75. The van der Waals surface area contributed by atoms with E-state index >= 15 is 0 Å². The van der Waals surface area contributed by atoms with Gasteiger partial charge in [-0.25, -0.2) is 0 Å². The van der Waals surface area contributed by atoms with Crippen molar-refractivity contribution in [1.29, 1.82) is 0 Å².